The van der Waals surface area contributed by atoms with Crippen molar-refractivity contribution in [2.75, 3.05) is 12.4 Å². The van der Waals surface area contributed by atoms with Crippen LogP contribution in [0.2, 0.25) is 0 Å². The number of aromatic nitrogens is 1. The Hall–Kier alpha value is -3.26. The fourth-order valence-electron chi connectivity index (χ4n) is 3.25. The van der Waals surface area contributed by atoms with Crippen LogP contribution in [0.4, 0.5) is 5.69 Å². The Balaban J connectivity index is 1.64. The Kier molecular flexibility index (Phi) is 4.35. The smallest absolute Gasteiger partial charge is 0.275 e. The number of nitrogens with two attached hydrogens (primary N) is 1. The van der Waals surface area contributed by atoms with Crippen molar-refractivity contribution in [1.29, 1.82) is 0 Å². The summed E-state index contributed by atoms with van der Waals surface area (Å²) in [6.45, 7) is 1.86. The molecule has 2 aromatic heterocycles. The zero-order chi connectivity index (χ0) is 19.9. The first-order valence-corrected chi connectivity index (χ1v) is 9.61. The standard InChI is InChI=1S/C20H19N5O2S/c1-20(11-15(26)25(2)19(21)24-20)13-4-3-5-14(10-13)23-18(27)16-17-12(6-8-22-16)7-9-28-17/h3-10H,11H2,1-2H3,(H2,21,24)(H,23,27)/t20-/m0/s1. The van der Waals surface area contributed by atoms with E-state index < -0.39 is 5.54 Å². The van der Waals surface area contributed by atoms with E-state index in [1.807, 2.05) is 42.6 Å². The highest BCUT2D eigenvalue weighted by Gasteiger charge is 2.36. The lowest BCUT2D eigenvalue weighted by atomic mass is 9.87. The van der Waals surface area contributed by atoms with Crippen molar-refractivity contribution in [2.45, 2.75) is 18.9 Å². The van der Waals surface area contributed by atoms with Gasteiger partial charge >= 0.3 is 0 Å². The summed E-state index contributed by atoms with van der Waals surface area (Å²) in [6.07, 6.45) is 1.83. The maximum Gasteiger partial charge on any atom is 0.275 e. The number of nitrogens with zero attached hydrogens (tertiary/aromatic N) is 3. The molecule has 0 aliphatic carbocycles. The summed E-state index contributed by atoms with van der Waals surface area (Å²) in [5.74, 6) is -0.197. The largest absolute Gasteiger partial charge is 0.369 e. The van der Waals surface area contributed by atoms with Gasteiger partial charge in [-0.25, -0.2) is 9.98 Å². The topological polar surface area (TPSA) is 101 Å². The molecule has 2 amide bonds. The molecule has 7 nitrogen and oxygen atoms in total. The number of benzene rings is 1. The average molecular weight is 393 g/mol. The average Bonchev–Trinajstić information content (AvgIpc) is 3.15. The molecule has 1 aromatic carbocycles. The Labute approximate surface area is 165 Å². The third-order valence-electron chi connectivity index (χ3n) is 4.90. The van der Waals surface area contributed by atoms with Crippen molar-refractivity contribution in [3.63, 3.8) is 0 Å². The molecule has 0 fully saturated rings. The monoisotopic (exact) mass is 393 g/mol. The van der Waals surface area contributed by atoms with Gasteiger partial charge in [-0.05, 0) is 47.5 Å². The van der Waals surface area contributed by atoms with Crippen LogP contribution in [-0.2, 0) is 10.3 Å². The third-order valence-corrected chi connectivity index (χ3v) is 5.84. The molecular formula is C20H19N5O2S. The van der Waals surface area contributed by atoms with E-state index >= 15 is 0 Å². The van der Waals surface area contributed by atoms with Gasteiger partial charge in [-0.15, -0.1) is 11.3 Å². The third kappa shape index (κ3) is 3.11. The van der Waals surface area contributed by atoms with E-state index in [0.717, 1.165) is 15.6 Å². The Morgan fingerprint density at radius 1 is 1.32 bits per heavy atom. The van der Waals surface area contributed by atoms with Gasteiger partial charge in [-0.3, -0.25) is 14.5 Å². The van der Waals surface area contributed by atoms with Crippen molar-refractivity contribution in [2.24, 2.45) is 10.7 Å². The number of nitrogens with one attached hydrogen (secondary N) is 1. The maximum absolute atomic E-state index is 12.8. The number of guanidine groups is 1. The molecule has 3 heterocycles. The van der Waals surface area contributed by atoms with Gasteiger partial charge in [0.15, 0.2) is 5.96 Å². The summed E-state index contributed by atoms with van der Waals surface area (Å²) < 4.78 is 0.849. The van der Waals surface area contributed by atoms with Crippen LogP contribution < -0.4 is 11.1 Å². The van der Waals surface area contributed by atoms with Crippen LogP contribution in [0.15, 0.2) is 53.0 Å². The van der Waals surface area contributed by atoms with E-state index in [1.165, 1.54) is 16.2 Å². The van der Waals surface area contributed by atoms with Crippen molar-refractivity contribution in [3.05, 3.63) is 59.2 Å². The van der Waals surface area contributed by atoms with E-state index in [9.17, 15) is 9.59 Å². The molecule has 1 aliphatic rings. The van der Waals surface area contributed by atoms with Crippen molar-refractivity contribution >= 4 is 44.9 Å². The normalized spacial score (nSPS) is 19.6. The zero-order valence-corrected chi connectivity index (χ0v) is 16.3. The van der Waals surface area contributed by atoms with Crippen LogP contribution in [0, 0.1) is 0 Å². The number of fused-ring (bicyclic) bond motifs is 1. The minimum Gasteiger partial charge on any atom is -0.369 e. The van der Waals surface area contributed by atoms with Gasteiger partial charge in [-0.2, -0.15) is 0 Å². The van der Waals surface area contributed by atoms with Crippen molar-refractivity contribution < 1.29 is 9.59 Å². The first kappa shape index (κ1) is 18.1. The number of carbonyl (C=O) groups excluding carboxylic acids is 2. The van der Waals surface area contributed by atoms with Crippen LogP contribution in [0.5, 0.6) is 0 Å². The summed E-state index contributed by atoms with van der Waals surface area (Å²) in [6, 6.07) is 11.2. The highest BCUT2D eigenvalue weighted by molar-refractivity contribution is 7.17. The van der Waals surface area contributed by atoms with E-state index in [0.29, 0.717) is 11.4 Å². The quantitative estimate of drug-likeness (QED) is 0.714. The molecule has 1 atom stereocenters. The number of hydrogen-bond acceptors (Lipinski definition) is 6. The Morgan fingerprint density at radius 3 is 2.93 bits per heavy atom. The molecule has 4 rings (SSSR count). The molecule has 3 aromatic rings. The number of pyridine rings is 1. The van der Waals surface area contributed by atoms with Crippen molar-refractivity contribution in [3.8, 4) is 0 Å². The molecular weight excluding hydrogens is 374 g/mol. The lowest BCUT2D eigenvalue weighted by Crippen LogP contribution is -2.47. The van der Waals surface area contributed by atoms with E-state index in [1.54, 1.807) is 19.3 Å². The minimum atomic E-state index is -0.777. The SMILES string of the molecule is CN1C(=O)C[C@@](C)(c2cccc(NC(=O)c3nccc4ccsc34)c2)N=C1N. The fourth-order valence-corrected chi connectivity index (χ4v) is 4.13. The van der Waals surface area contributed by atoms with E-state index in [2.05, 4.69) is 15.3 Å². The van der Waals surface area contributed by atoms with Gasteiger partial charge < -0.3 is 11.1 Å². The number of anilines is 1. The zero-order valence-electron chi connectivity index (χ0n) is 15.5. The maximum atomic E-state index is 12.8. The van der Waals surface area contributed by atoms with Crippen LogP contribution >= 0.6 is 11.3 Å². The van der Waals surface area contributed by atoms with Gasteiger partial charge in [0.2, 0.25) is 5.91 Å². The molecule has 0 saturated heterocycles. The number of hydrogen-bond donors (Lipinski definition) is 2. The Bertz CT molecular complexity index is 1120. The first-order valence-electron chi connectivity index (χ1n) is 8.73. The molecule has 3 N–H and O–H groups in total. The lowest BCUT2D eigenvalue weighted by molar-refractivity contribution is -0.128. The molecule has 8 heteroatoms. The summed E-state index contributed by atoms with van der Waals surface area (Å²) in [5.41, 5.74) is 6.92. The van der Waals surface area contributed by atoms with E-state index in [4.69, 9.17) is 5.73 Å². The van der Waals surface area contributed by atoms with Crippen LogP contribution in [0.1, 0.15) is 29.4 Å². The second kappa shape index (κ2) is 6.72. The summed E-state index contributed by atoms with van der Waals surface area (Å²) in [5, 5.41) is 5.82. The predicted molar refractivity (Wildman–Crippen MR) is 110 cm³/mol. The molecule has 0 radical (unpaired) electrons. The molecule has 1 aliphatic heterocycles. The van der Waals surface area contributed by atoms with E-state index in [-0.39, 0.29) is 24.2 Å². The van der Waals surface area contributed by atoms with Crippen LogP contribution in [-0.4, -0.2) is 34.7 Å². The van der Waals surface area contributed by atoms with Gasteiger partial charge in [0.05, 0.1) is 16.7 Å². The molecule has 0 unspecified atom stereocenters. The predicted octanol–water partition coefficient (Wildman–Crippen LogP) is 2.94. The number of carbonyl (C=O) groups is 2. The number of rotatable bonds is 3. The van der Waals surface area contributed by atoms with Crippen LogP contribution in [0.3, 0.4) is 0 Å². The molecule has 0 spiro atoms. The second-order valence-electron chi connectivity index (χ2n) is 6.91. The molecule has 0 saturated carbocycles. The van der Waals surface area contributed by atoms with Crippen molar-refractivity contribution in [1.82, 2.24) is 9.88 Å². The number of aliphatic imine (C=N–C) groups is 1. The summed E-state index contributed by atoms with van der Waals surface area (Å²) in [7, 11) is 1.61. The fraction of sp³-hybridized carbons (Fsp3) is 0.200. The van der Waals surface area contributed by atoms with Gasteiger partial charge in [-0.1, -0.05) is 12.1 Å². The molecule has 28 heavy (non-hydrogen) atoms. The first-order chi connectivity index (χ1) is 13.4. The summed E-state index contributed by atoms with van der Waals surface area (Å²) >= 11 is 1.48. The van der Waals surface area contributed by atoms with Gasteiger partial charge in [0.25, 0.3) is 5.91 Å². The highest BCUT2D eigenvalue weighted by Crippen LogP contribution is 2.34. The molecule has 142 valence electrons. The lowest BCUT2D eigenvalue weighted by Gasteiger charge is -2.33. The van der Waals surface area contributed by atoms with Crippen LogP contribution in [0.25, 0.3) is 10.1 Å². The van der Waals surface area contributed by atoms with Gasteiger partial charge in [0.1, 0.15) is 5.69 Å². The number of thiophene rings is 1. The highest BCUT2D eigenvalue weighted by atomic mass is 32.1. The minimum absolute atomic E-state index is 0.0991. The molecule has 0 bridgehead atoms. The van der Waals surface area contributed by atoms with Gasteiger partial charge in [0, 0.05) is 18.9 Å². The summed E-state index contributed by atoms with van der Waals surface area (Å²) in [4.78, 5) is 35.1. The Morgan fingerprint density at radius 2 is 2.14 bits per heavy atom. The second-order valence-corrected chi connectivity index (χ2v) is 7.82. The number of amides is 2.